The summed E-state index contributed by atoms with van der Waals surface area (Å²) in [6, 6.07) is 1.32. The van der Waals surface area contributed by atoms with Crippen LogP contribution >= 0.6 is 34.8 Å². The van der Waals surface area contributed by atoms with Gasteiger partial charge in [0.25, 0.3) is 10.1 Å². The van der Waals surface area contributed by atoms with Crippen LogP contribution in [0.25, 0.3) is 0 Å². The summed E-state index contributed by atoms with van der Waals surface area (Å²) in [6.07, 6.45) is 0. The Morgan fingerprint density at radius 1 is 1.21 bits per heavy atom. The standard InChI is InChI=1S/C7H5Cl3O3S/c1-3-2-4(8)7(14(11,12)13)6(10)5(3)9/h2H,1H3,(H,11,12,13). The molecule has 0 aliphatic heterocycles. The van der Waals surface area contributed by atoms with Crippen LogP contribution in [0.4, 0.5) is 0 Å². The fourth-order valence-electron chi connectivity index (χ4n) is 0.933. The predicted molar refractivity (Wildman–Crippen MR) is 56.0 cm³/mol. The number of aryl methyl sites for hydroxylation is 1. The summed E-state index contributed by atoms with van der Waals surface area (Å²) in [7, 11) is -4.45. The summed E-state index contributed by atoms with van der Waals surface area (Å²) in [4.78, 5) is -0.559. The zero-order valence-electron chi connectivity index (χ0n) is 6.88. The lowest BCUT2D eigenvalue weighted by atomic mass is 10.2. The molecule has 1 aromatic rings. The van der Waals surface area contributed by atoms with Gasteiger partial charge < -0.3 is 0 Å². The molecular formula is C7H5Cl3O3S. The molecule has 0 fully saturated rings. The Morgan fingerprint density at radius 3 is 2.14 bits per heavy atom. The van der Waals surface area contributed by atoms with Crippen LogP contribution in [0.2, 0.25) is 15.1 Å². The van der Waals surface area contributed by atoms with Gasteiger partial charge in [0.1, 0.15) is 4.90 Å². The van der Waals surface area contributed by atoms with Crippen molar-refractivity contribution in [1.82, 2.24) is 0 Å². The molecule has 0 amide bonds. The summed E-state index contributed by atoms with van der Waals surface area (Å²) in [6.45, 7) is 1.62. The van der Waals surface area contributed by atoms with Gasteiger partial charge in [0, 0.05) is 0 Å². The quantitative estimate of drug-likeness (QED) is 0.632. The van der Waals surface area contributed by atoms with Crippen LogP contribution in [-0.2, 0) is 10.1 Å². The van der Waals surface area contributed by atoms with E-state index < -0.39 is 15.0 Å². The highest BCUT2D eigenvalue weighted by Crippen LogP contribution is 2.37. The first-order valence-electron chi connectivity index (χ1n) is 3.36. The van der Waals surface area contributed by atoms with Crippen LogP contribution in [-0.4, -0.2) is 13.0 Å². The summed E-state index contributed by atoms with van der Waals surface area (Å²) < 4.78 is 30.5. The van der Waals surface area contributed by atoms with Crippen LogP contribution in [0.3, 0.4) is 0 Å². The van der Waals surface area contributed by atoms with Crippen molar-refractivity contribution in [2.75, 3.05) is 0 Å². The van der Waals surface area contributed by atoms with Gasteiger partial charge in [-0.25, -0.2) is 0 Å². The first-order valence-corrected chi connectivity index (χ1v) is 5.94. The molecule has 0 atom stereocenters. The van der Waals surface area contributed by atoms with Gasteiger partial charge in [-0.2, -0.15) is 8.42 Å². The monoisotopic (exact) mass is 274 g/mol. The lowest BCUT2D eigenvalue weighted by Crippen LogP contribution is -2.01. The average molecular weight is 276 g/mol. The molecule has 14 heavy (non-hydrogen) atoms. The topological polar surface area (TPSA) is 54.4 Å². The SMILES string of the molecule is Cc1cc(Cl)c(S(=O)(=O)O)c(Cl)c1Cl. The second-order valence-corrected chi connectivity index (χ2v) is 5.13. The van der Waals surface area contributed by atoms with Gasteiger partial charge >= 0.3 is 0 Å². The van der Waals surface area contributed by atoms with E-state index in [9.17, 15) is 8.42 Å². The van der Waals surface area contributed by atoms with Gasteiger partial charge in [0.15, 0.2) is 0 Å². The second kappa shape index (κ2) is 3.87. The second-order valence-electron chi connectivity index (χ2n) is 2.61. The highest BCUT2D eigenvalue weighted by atomic mass is 35.5. The zero-order valence-corrected chi connectivity index (χ0v) is 9.97. The average Bonchev–Trinajstić information content (AvgIpc) is 1.97. The number of benzene rings is 1. The third-order valence-corrected chi connectivity index (χ3v) is 3.98. The molecule has 78 valence electrons. The Labute approximate surface area is 96.3 Å². The maximum atomic E-state index is 10.9. The molecule has 7 heteroatoms. The van der Waals surface area contributed by atoms with Crippen molar-refractivity contribution in [1.29, 1.82) is 0 Å². The van der Waals surface area contributed by atoms with Crippen LogP contribution in [0.5, 0.6) is 0 Å². The molecule has 0 aromatic heterocycles. The summed E-state index contributed by atoms with van der Waals surface area (Å²) in [5.41, 5.74) is 0.536. The number of hydrogen-bond acceptors (Lipinski definition) is 2. The molecule has 0 unspecified atom stereocenters. The Kier molecular flexibility index (Phi) is 3.33. The molecule has 0 aliphatic rings. The van der Waals surface area contributed by atoms with E-state index in [0.717, 1.165) is 0 Å². The van der Waals surface area contributed by atoms with E-state index in [1.165, 1.54) is 6.07 Å². The number of hydrogen-bond donors (Lipinski definition) is 1. The lowest BCUT2D eigenvalue weighted by Gasteiger charge is -2.07. The molecule has 0 radical (unpaired) electrons. The van der Waals surface area contributed by atoms with Crippen molar-refractivity contribution in [3.8, 4) is 0 Å². The molecule has 3 nitrogen and oxygen atoms in total. The van der Waals surface area contributed by atoms with E-state index in [1.807, 2.05) is 0 Å². The number of halogens is 3. The van der Waals surface area contributed by atoms with Gasteiger partial charge in [-0.15, -0.1) is 0 Å². The first kappa shape index (κ1) is 12.1. The largest absolute Gasteiger partial charge is 0.297 e. The van der Waals surface area contributed by atoms with Crippen LogP contribution < -0.4 is 0 Å². The smallest absolute Gasteiger partial charge is 0.282 e. The predicted octanol–water partition coefficient (Wildman–Crippen LogP) is 3.20. The molecule has 1 aromatic carbocycles. The van der Waals surface area contributed by atoms with E-state index >= 15 is 0 Å². The van der Waals surface area contributed by atoms with Crippen LogP contribution in [0.1, 0.15) is 5.56 Å². The Balaban J connectivity index is 3.70. The Morgan fingerprint density at radius 2 is 1.71 bits per heavy atom. The fourth-order valence-corrected chi connectivity index (χ4v) is 2.91. The maximum absolute atomic E-state index is 10.9. The Hall–Kier alpha value is -0.000000000000000111. The van der Waals surface area contributed by atoms with Gasteiger partial charge in [0.05, 0.1) is 15.1 Å². The third-order valence-electron chi connectivity index (χ3n) is 1.56. The van der Waals surface area contributed by atoms with E-state index in [1.54, 1.807) is 6.92 Å². The minimum atomic E-state index is -4.45. The van der Waals surface area contributed by atoms with Crippen molar-refractivity contribution in [3.05, 3.63) is 26.7 Å². The zero-order chi connectivity index (χ0) is 11.1. The first-order chi connectivity index (χ1) is 6.25. The summed E-state index contributed by atoms with van der Waals surface area (Å²) in [5, 5.41) is -0.359. The highest BCUT2D eigenvalue weighted by molar-refractivity contribution is 7.86. The van der Waals surface area contributed by atoms with Gasteiger partial charge in [0.2, 0.25) is 0 Å². The normalized spacial score (nSPS) is 11.8. The van der Waals surface area contributed by atoms with Gasteiger partial charge in [-0.1, -0.05) is 34.8 Å². The molecule has 0 heterocycles. The third kappa shape index (κ3) is 2.15. The van der Waals surface area contributed by atoms with E-state index in [0.29, 0.717) is 5.56 Å². The Bertz CT molecular complexity index is 481. The minimum absolute atomic E-state index is 0.0590. The highest BCUT2D eigenvalue weighted by Gasteiger charge is 2.22. The molecular weight excluding hydrogens is 270 g/mol. The van der Waals surface area contributed by atoms with Crippen LogP contribution in [0, 0.1) is 6.92 Å². The van der Waals surface area contributed by atoms with Crippen molar-refractivity contribution in [2.45, 2.75) is 11.8 Å². The molecule has 0 bridgehead atoms. The lowest BCUT2D eigenvalue weighted by molar-refractivity contribution is 0.483. The molecule has 0 saturated heterocycles. The molecule has 1 rings (SSSR count). The van der Waals surface area contributed by atoms with Crippen molar-refractivity contribution in [2.24, 2.45) is 0 Å². The number of rotatable bonds is 1. The van der Waals surface area contributed by atoms with Crippen molar-refractivity contribution in [3.63, 3.8) is 0 Å². The molecule has 0 aliphatic carbocycles. The summed E-state index contributed by atoms with van der Waals surface area (Å²) in [5.74, 6) is 0. The van der Waals surface area contributed by atoms with E-state index in [4.69, 9.17) is 39.4 Å². The van der Waals surface area contributed by atoms with Crippen molar-refractivity contribution < 1.29 is 13.0 Å². The maximum Gasteiger partial charge on any atom is 0.297 e. The van der Waals surface area contributed by atoms with Gasteiger partial charge in [-0.3, -0.25) is 4.55 Å². The minimum Gasteiger partial charge on any atom is -0.282 e. The van der Waals surface area contributed by atoms with Crippen molar-refractivity contribution >= 4 is 44.9 Å². The fraction of sp³-hybridized carbons (Fsp3) is 0.143. The van der Waals surface area contributed by atoms with Crippen LogP contribution in [0.15, 0.2) is 11.0 Å². The molecule has 0 spiro atoms. The van der Waals surface area contributed by atoms with E-state index in [2.05, 4.69) is 0 Å². The molecule has 1 N–H and O–H groups in total. The van der Waals surface area contributed by atoms with E-state index in [-0.39, 0.29) is 15.1 Å². The van der Waals surface area contributed by atoms with Gasteiger partial charge in [-0.05, 0) is 18.6 Å². The molecule has 0 saturated carbocycles. The summed E-state index contributed by atoms with van der Waals surface area (Å²) >= 11 is 16.9.